The van der Waals surface area contributed by atoms with Gasteiger partial charge in [0.05, 0.1) is 22.7 Å². The number of thioether (sulfide) groups is 1. The molecule has 158 valence electrons. The number of hydrogen-bond acceptors (Lipinski definition) is 6. The van der Waals surface area contributed by atoms with Crippen LogP contribution in [0, 0.1) is 6.92 Å². The number of carboxylic acid groups (broad SMARTS) is 1. The fourth-order valence-corrected chi connectivity index (χ4v) is 5.04. The van der Waals surface area contributed by atoms with E-state index in [4.69, 9.17) is 12.2 Å². The lowest BCUT2D eigenvalue weighted by molar-refractivity contribution is -0.305. The average molecular weight is 452 g/mol. The Morgan fingerprint density at radius 3 is 2.45 bits per heavy atom. The Kier molecular flexibility index (Phi) is 5.93. The quantitative estimate of drug-likeness (QED) is 0.496. The number of nitrogens with zero attached hydrogens (tertiary/aromatic N) is 2. The molecule has 2 aromatic carbocycles. The summed E-state index contributed by atoms with van der Waals surface area (Å²) in [5.41, 5.74) is 3.94. The van der Waals surface area contributed by atoms with Gasteiger partial charge in [0.25, 0.3) is 11.8 Å². The topological polar surface area (TPSA) is 80.8 Å². The van der Waals surface area contributed by atoms with Crippen LogP contribution in [0.1, 0.15) is 29.5 Å². The number of benzene rings is 2. The van der Waals surface area contributed by atoms with Crippen LogP contribution < -0.4 is 10.0 Å². The largest absolute Gasteiger partial charge is 0.550 e. The molecule has 0 unspecified atom stereocenters. The van der Waals surface area contributed by atoms with Crippen molar-refractivity contribution in [2.45, 2.75) is 26.3 Å². The third-order valence-electron chi connectivity index (χ3n) is 5.22. The number of carbonyl (C=O) groups excluding carboxylic acids is 3. The van der Waals surface area contributed by atoms with Crippen molar-refractivity contribution in [3.63, 3.8) is 0 Å². The Morgan fingerprint density at radius 2 is 1.74 bits per heavy atom. The molecule has 1 fully saturated rings. The van der Waals surface area contributed by atoms with E-state index in [1.807, 2.05) is 55.5 Å². The van der Waals surface area contributed by atoms with E-state index < -0.39 is 5.97 Å². The minimum atomic E-state index is -1.17. The lowest BCUT2D eigenvalue weighted by Crippen LogP contribution is -2.31. The molecular formula is C23H19N2O4S2-. The number of carboxylic acids is 1. The van der Waals surface area contributed by atoms with Gasteiger partial charge in [0.15, 0.2) is 0 Å². The minimum absolute atomic E-state index is 0.158. The number of thiocarbonyl (C=S) groups is 1. The first-order valence-corrected chi connectivity index (χ1v) is 11.0. The van der Waals surface area contributed by atoms with Gasteiger partial charge in [0.2, 0.25) is 0 Å². The summed E-state index contributed by atoms with van der Waals surface area (Å²) < 4.78 is 0.327. The molecule has 1 saturated heterocycles. The van der Waals surface area contributed by atoms with Gasteiger partial charge in [-0.25, -0.2) is 0 Å². The lowest BCUT2D eigenvalue weighted by Gasteiger charge is -2.17. The van der Waals surface area contributed by atoms with Crippen LogP contribution in [0.25, 0.3) is 5.57 Å². The second-order valence-corrected chi connectivity index (χ2v) is 9.04. The minimum Gasteiger partial charge on any atom is -0.550 e. The maximum Gasteiger partial charge on any atom is 0.267 e. The molecular weight excluding hydrogens is 432 g/mol. The first-order valence-electron chi connectivity index (χ1n) is 9.81. The van der Waals surface area contributed by atoms with Crippen molar-refractivity contribution >= 4 is 57.3 Å². The number of hydrogen-bond donors (Lipinski definition) is 0. The zero-order chi connectivity index (χ0) is 22.1. The molecule has 0 aromatic heterocycles. The smallest absolute Gasteiger partial charge is 0.267 e. The number of rotatable bonds is 6. The number of aliphatic carboxylic acids is 1. The molecule has 0 spiro atoms. The van der Waals surface area contributed by atoms with Crippen molar-refractivity contribution in [2.75, 3.05) is 11.4 Å². The van der Waals surface area contributed by atoms with Crippen LogP contribution in [0.3, 0.4) is 0 Å². The van der Waals surface area contributed by atoms with Crippen LogP contribution in [0.15, 0.2) is 53.4 Å². The lowest BCUT2D eigenvalue weighted by atomic mass is 10.1. The van der Waals surface area contributed by atoms with Gasteiger partial charge in [0, 0.05) is 18.1 Å². The van der Waals surface area contributed by atoms with Crippen LogP contribution in [-0.4, -0.2) is 33.5 Å². The van der Waals surface area contributed by atoms with E-state index in [1.165, 1.54) is 4.90 Å². The molecule has 8 heteroatoms. The van der Waals surface area contributed by atoms with Crippen molar-refractivity contribution in [2.24, 2.45) is 0 Å². The molecule has 6 nitrogen and oxygen atoms in total. The Bertz CT molecular complexity index is 1120. The third kappa shape index (κ3) is 4.13. The van der Waals surface area contributed by atoms with Gasteiger partial charge in [-0.1, -0.05) is 72.0 Å². The molecule has 31 heavy (non-hydrogen) atoms. The number of fused-ring (bicyclic) bond motifs is 1. The number of amides is 2. The summed E-state index contributed by atoms with van der Waals surface area (Å²) in [6, 6.07) is 15.4. The van der Waals surface area contributed by atoms with Gasteiger partial charge in [-0.3, -0.25) is 14.5 Å². The zero-order valence-electron chi connectivity index (χ0n) is 16.8. The maximum atomic E-state index is 13.4. The van der Waals surface area contributed by atoms with Crippen molar-refractivity contribution in [3.8, 4) is 0 Å². The van der Waals surface area contributed by atoms with Gasteiger partial charge in [0.1, 0.15) is 4.32 Å². The van der Waals surface area contributed by atoms with Crippen molar-refractivity contribution in [1.29, 1.82) is 0 Å². The van der Waals surface area contributed by atoms with Gasteiger partial charge < -0.3 is 14.8 Å². The van der Waals surface area contributed by atoms with E-state index in [0.717, 1.165) is 28.6 Å². The highest BCUT2D eigenvalue weighted by Gasteiger charge is 2.41. The van der Waals surface area contributed by atoms with Gasteiger partial charge in [-0.05, 0) is 31.4 Å². The van der Waals surface area contributed by atoms with Crippen LogP contribution in [0.2, 0.25) is 0 Å². The van der Waals surface area contributed by atoms with Crippen molar-refractivity contribution in [3.05, 3.63) is 70.1 Å². The van der Waals surface area contributed by atoms with E-state index in [2.05, 4.69) is 0 Å². The van der Waals surface area contributed by atoms with Crippen molar-refractivity contribution < 1.29 is 19.5 Å². The highest BCUT2D eigenvalue weighted by atomic mass is 32.2. The summed E-state index contributed by atoms with van der Waals surface area (Å²) >= 11 is 6.43. The van der Waals surface area contributed by atoms with Crippen LogP contribution in [0.4, 0.5) is 5.69 Å². The Hall–Kier alpha value is -2.97. The molecule has 0 atom stereocenters. The fourth-order valence-electron chi connectivity index (χ4n) is 3.66. The molecule has 0 saturated carbocycles. The molecule has 2 amide bonds. The second kappa shape index (κ2) is 8.64. The van der Waals surface area contributed by atoms with Crippen LogP contribution in [-0.2, 0) is 20.9 Å². The molecule has 0 radical (unpaired) electrons. The maximum absolute atomic E-state index is 13.4. The standard InChI is InChI=1S/C23H20N2O4S2/c1-14-8-10-15(11-9-14)13-25-17-6-3-2-5-16(17)19(21(25)28)20-22(29)24(23(30)31-20)12-4-7-18(26)27/h2-3,5-6,8-11H,4,7,12-13H2,1H3,(H,26,27)/p-1/b20-19-. The Balaban J connectivity index is 1.67. The molecule has 0 N–H and O–H groups in total. The molecule has 2 aliphatic rings. The van der Waals surface area contributed by atoms with E-state index in [0.29, 0.717) is 26.9 Å². The zero-order valence-corrected chi connectivity index (χ0v) is 18.4. The molecule has 2 aliphatic heterocycles. The predicted octanol–water partition coefficient (Wildman–Crippen LogP) is 2.64. The second-order valence-electron chi connectivity index (χ2n) is 7.40. The van der Waals surface area contributed by atoms with Crippen molar-refractivity contribution in [1.82, 2.24) is 4.90 Å². The molecule has 0 bridgehead atoms. The van der Waals surface area contributed by atoms with Crippen LogP contribution >= 0.6 is 24.0 Å². The molecule has 4 rings (SSSR count). The molecule has 0 aliphatic carbocycles. The normalized spacial score (nSPS) is 18.2. The third-order valence-corrected chi connectivity index (χ3v) is 6.67. The SMILES string of the molecule is Cc1ccc(CN2C(=O)/C(=C3\SC(=S)N(CCCC(=O)[O-])C3=O)c3ccccc32)cc1. The number of aryl methyl sites for hydroxylation is 1. The van der Waals surface area contributed by atoms with E-state index >= 15 is 0 Å². The van der Waals surface area contributed by atoms with Gasteiger partial charge in [-0.15, -0.1) is 0 Å². The predicted molar refractivity (Wildman–Crippen MR) is 122 cm³/mol. The summed E-state index contributed by atoms with van der Waals surface area (Å²) in [6.07, 6.45) is 0.0799. The summed E-state index contributed by atoms with van der Waals surface area (Å²) in [7, 11) is 0. The van der Waals surface area contributed by atoms with Gasteiger partial charge >= 0.3 is 0 Å². The average Bonchev–Trinajstić information content (AvgIpc) is 3.17. The number of carbonyl (C=O) groups is 3. The highest BCUT2D eigenvalue weighted by Crippen LogP contribution is 2.45. The van der Waals surface area contributed by atoms with E-state index in [-0.39, 0.29) is 31.2 Å². The Labute approximate surface area is 189 Å². The number of anilines is 1. The first-order chi connectivity index (χ1) is 14.9. The van der Waals surface area contributed by atoms with Gasteiger partial charge in [-0.2, -0.15) is 0 Å². The monoisotopic (exact) mass is 451 g/mol. The van der Waals surface area contributed by atoms with Crippen LogP contribution in [0.5, 0.6) is 0 Å². The molecule has 2 aromatic rings. The summed E-state index contributed by atoms with van der Waals surface area (Å²) in [5.74, 6) is -1.77. The van der Waals surface area contributed by atoms with E-state index in [9.17, 15) is 19.5 Å². The number of para-hydroxylation sites is 1. The summed E-state index contributed by atoms with van der Waals surface area (Å²) in [5, 5.41) is 10.7. The Morgan fingerprint density at radius 1 is 1.03 bits per heavy atom. The van der Waals surface area contributed by atoms with E-state index in [1.54, 1.807) is 4.90 Å². The highest BCUT2D eigenvalue weighted by molar-refractivity contribution is 8.26. The summed E-state index contributed by atoms with van der Waals surface area (Å²) in [6.45, 7) is 2.58. The fraction of sp³-hybridized carbons (Fsp3) is 0.217. The first kappa shape index (κ1) is 21.3. The molecule has 2 heterocycles. The summed E-state index contributed by atoms with van der Waals surface area (Å²) in [4.78, 5) is 40.5.